The molecule has 6 nitrogen and oxygen atoms in total. The van der Waals surface area contributed by atoms with Crippen molar-refractivity contribution in [3.63, 3.8) is 0 Å². The summed E-state index contributed by atoms with van der Waals surface area (Å²) in [5.41, 5.74) is 0. The summed E-state index contributed by atoms with van der Waals surface area (Å²) in [4.78, 5) is 11.1. The van der Waals surface area contributed by atoms with Gasteiger partial charge in [-0.15, -0.1) is 0 Å². The van der Waals surface area contributed by atoms with Gasteiger partial charge in [-0.2, -0.15) is 43.5 Å². The van der Waals surface area contributed by atoms with Gasteiger partial charge >= 0.3 is 33.7 Å². The van der Waals surface area contributed by atoms with Crippen LogP contribution in [0.4, 0.5) is 43.9 Å². The molecule has 168 valence electrons. The summed E-state index contributed by atoms with van der Waals surface area (Å²) in [7, 11) is -6.57. The third-order valence-corrected chi connectivity index (χ3v) is 3.67. The van der Waals surface area contributed by atoms with Gasteiger partial charge in [0.25, 0.3) is 12.0 Å². The van der Waals surface area contributed by atoms with Crippen molar-refractivity contribution in [1.82, 2.24) is 0 Å². The Morgan fingerprint density at radius 3 is 1.68 bits per heavy atom. The molecular weight excluding hydrogens is 450 g/mol. The molecule has 1 N–H and O–H groups in total. The zero-order chi connectivity index (χ0) is 22.8. The normalized spacial score (nSPS) is 16.6. The third kappa shape index (κ3) is 7.57. The summed E-state index contributed by atoms with van der Waals surface area (Å²) in [6, 6.07) is 0. The maximum Gasteiger partial charge on any atom is 0.431 e. The van der Waals surface area contributed by atoms with Gasteiger partial charge in [0, 0.05) is 20.0 Å². The second-order valence-corrected chi connectivity index (χ2v) is 6.80. The number of carbonyl (C=O) groups is 1. The Morgan fingerprint density at radius 2 is 1.36 bits per heavy atom. The average Bonchev–Trinajstić information content (AvgIpc) is 2.38. The Hall–Kier alpha value is -1.36. The number of alkyl halides is 10. The van der Waals surface area contributed by atoms with Crippen LogP contribution in [-0.2, 0) is 24.4 Å². The minimum atomic E-state index is -6.57. The van der Waals surface area contributed by atoms with Crippen molar-refractivity contribution in [2.75, 3.05) is 6.61 Å². The molecule has 0 aliphatic heterocycles. The minimum absolute atomic E-state index is 0.215. The van der Waals surface area contributed by atoms with E-state index in [1.54, 1.807) is 0 Å². The Bertz CT molecular complexity index is 622. The van der Waals surface area contributed by atoms with E-state index in [1.807, 2.05) is 0 Å². The summed E-state index contributed by atoms with van der Waals surface area (Å²) in [5, 5.41) is -5.84. The molecule has 0 radical (unpaired) electrons. The quantitative estimate of drug-likeness (QED) is 0.245. The lowest BCUT2D eigenvalue weighted by Gasteiger charge is -2.27. The van der Waals surface area contributed by atoms with Gasteiger partial charge in [-0.25, -0.2) is 8.78 Å². The fourth-order valence-electron chi connectivity index (χ4n) is 1.58. The van der Waals surface area contributed by atoms with E-state index in [1.165, 1.54) is 0 Å². The maximum absolute atomic E-state index is 13.1. The molecule has 2 atom stereocenters. The number of rotatable bonds is 9. The molecule has 0 fully saturated rings. The van der Waals surface area contributed by atoms with Crippen LogP contribution >= 0.6 is 0 Å². The summed E-state index contributed by atoms with van der Waals surface area (Å²) in [6.45, 7) is -1.68. The Labute approximate surface area is 150 Å². The molecule has 0 amide bonds. The van der Waals surface area contributed by atoms with Gasteiger partial charge in [-0.1, -0.05) is 0 Å². The second-order valence-electron chi connectivity index (χ2n) is 5.30. The number of hydrogen-bond acceptors (Lipinski definition) is 5. The average molecular weight is 462 g/mol. The first-order valence-corrected chi connectivity index (χ1v) is 8.23. The Kier molecular flexibility index (Phi) is 8.15. The van der Waals surface area contributed by atoms with Crippen LogP contribution in [0.15, 0.2) is 0 Å². The molecule has 0 saturated heterocycles. The summed E-state index contributed by atoms with van der Waals surface area (Å²) in [5.74, 6) is -6.51. The van der Waals surface area contributed by atoms with Crippen molar-refractivity contribution in [2.24, 2.45) is 0 Å². The molecule has 0 aromatic carbocycles. The van der Waals surface area contributed by atoms with Gasteiger partial charge in [-0.05, 0) is 6.42 Å². The van der Waals surface area contributed by atoms with Crippen LogP contribution in [0.25, 0.3) is 0 Å². The molecule has 0 saturated carbocycles. The molecule has 0 aliphatic carbocycles. The number of hydrogen-bond donors (Lipinski definition) is 1. The molecule has 28 heavy (non-hydrogen) atoms. The van der Waals surface area contributed by atoms with Crippen molar-refractivity contribution < 1.29 is 71.1 Å². The smallest absolute Gasteiger partial charge is 0.431 e. The first-order chi connectivity index (χ1) is 12.1. The summed E-state index contributed by atoms with van der Waals surface area (Å²) >= 11 is 0. The first-order valence-electron chi connectivity index (χ1n) is 6.79. The van der Waals surface area contributed by atoms with Gasteiger partial charge in [0.15, 0.2) is 0 Å². The Morgan fingerprint density at radius 1 is 0.929 bits per heavy atom. The highest BCUT2D eigenvalue weighted by Crippen LogP contribution is 2.38. The van der Waals surface area contributed by atoms with Crippen molar-refractivity contribution in [3.05, 3.63) is 0 Å². The molecule has 0 aliphatic rings. The van der Waals surface area contributed by atoms with E-state index < -0.39 is 71.3 Å². The van der Waals surface area contributed by atoms with E-state index >= 15 is 0 Å². The minimum Gasteiger partial charge on any atom is -0.446 e. The molecule has 2 unspecified atom stereocenters. The van der Waals surface area contributed by atoms with Crippen LogP contribution in [0.3, 0.4) is 0 Å². The molecule has 0 spiro atoms. The number of esters is 1. The van der Waals surface area contributed by atoms with Crippen LogP contribution in [0.1, 0.15) is 19.8 Å². The monoisotopic (exact) mass is 462 g/mol. The SMILES string of the molecule is CC(F)(F)C(OC(=O)CCCOC(C(F)(F)F)C(F)(F)S(=O)(=O)O)C(F)(F)F. The van der Waals surface area contributed by atoms with Crippen molar-refractivity contribution >= 4 is 16.1 Å². The molecule has 17 heteroatoms. The van der Waals surface area contributed by atoms with E-state index in [-0.39, 0.29) is 6.92 Å². The predicted molar refractivity (Wildman–Crippen MR) is 68.1 cm³/mol. The highest BCUT2D eigenvalue weighted by molar-refractivity contribution is 7.86. The zero-order valence-electron chi connectivity index (χ0n) is 13.5. The lowest BCUT2D eigenvalue weighted by molar-refractivity contribution is -0.274. The highest BCUT2D eigenvalue weighted by Gasteiger charge is 2.64. The van der Waals surface area contributed by atoms with Crippen molar-refractivity contribution in [1.29, 1.82) is 0 Å². The van der Waals surface area contributed by atoms with Crippen LogP contribution in [0.2, 0.25) is 0 Å². The van der Waals surface area contributed by atoms with Crippen LogP contribution in [0.5, 0.6) is 0 Å². The molecule has 0 rings (SSSR count). The molecule has 0 aromatic heterocycles. The predicted octanol–water partition coefficient (Wildman–Crippen LogP) is 3.32. The first kappa shape index (κ1) is 26.6. The number of ether oxygens (including phenoxy) is 2. The van der Waals surface area contributed by atoms with E-state index in [4.69, 9.17) is 4.55 Å². The molecule has 0 heterocycles. The van der Waals surface area contributed by atoms with Gasteiger partial charge in [0.05, 0.1) is 0 Å². The van der Waals surface area contributed by atoms with Crippen LogP contribution < -0.4 is 0 Å². The molecule has 0 aromatic rings. The van der Waals surface area contributed by atoms with E-state index in [9.17, 15) is 57.1 Å². The zero-order valence-corrected chi connectivity index (χ0v) is 14.3. The van der Waals surface area contributed by atoms with Gasteiger partial charge in [-0.3, -0.25) is 9.35 Å². The van der Waals surface area contributed by atoms with E-state index in [0.29, 0.717) is 0 Å². The van der Waals surface area contributed by atoms with Gasteiger partial charge in [0.1, 0.15) is 0 Å². The molecule has 0 bridgehead atoms. The summed E-state index contributed by atoms with van der Waals surface area (Å²) in [6.07, 6.45) is -22.2. The highest BCUT2D eigenvalue weighted by atomic mass is 32.2. The lowest BCUT2D eigenvalue weighted by atomic mass is 10.2. The van der Waals surface area contributed by atoms with Gasteiger partial charge in [0.2, 0.25) is 6.10 Å². The van der Waals surface area contributed by atoms with Crippen molar-refractivity contribution in [3.8, 4) is 0 Å². The topological polar surface area (TPSA) is 89.9 Å². The lowest BCUT2D eigenvalue weighted by Crippen LogP contribution is -2.51. The number of carbonyl (C=O) groups excluding carboxylic acids is 1. The van der Waals surface area contributed by atoms with Crippen LogP contribution in [0, 0.1) is 0 Å². The third-order valence-electron chi connectivity index (χ3n) is 2.76. The standard InChI is InChI=1S/C11H12F10O6S/c1-8(12,13)6(9(14,15)16)27-5(22)3-2-4-26-7(10(17,18)19)11(20,21)28(23,24)25/h6-7H,2-4H2,1H3,(H,23,24,25). The largest absolute Gasteiger partial charge is 0.446 e. The summed E-state index contributed by atoms with van der Waals surface area (Å²) < 4.78 is 162. The fraction of sp³-hybridized carbons (Fsp3) is 0.909. The van der Waals surface area contributed by atoms with E-state index in [2.05, 4.69) is 9.47 Å². The Balaban J connectivity index is 4.93. The van der Waals surface area contributed by atoms with Gasteiger partial charge < -0.3 is 9.47 Å². The maximum atomic E-state index is 13.1. The fourth-order valence-corrected chi connectivity index (χ4v) is 2.06. The van der Waals surface area contributed by atoms with Crippen LogP contribution in [-0.4, -0.2) is 61.3 Å². The molecular formula is C11H12F10O6S. The van der Waals surface area contributed by atoms with E-state index in [0.717, 1.165) is 0 Å². The number of halogens is 10. The van der Waals surface area contributed by atoms with Crippen molar-refractivity contribution in [2.45, 2.75) is 55.5 Å². The second kappa shape index (κ2) is 8.56.